The average molecular weight is 1240 g/mol. The first-order chi connectivity index (χ1) is 43.4. The van der Waals surface area contributed by atoms with Gasteiger partial charge >= 0.3 is 11.9 Å². The van der Waals surface area contributed by atoms with Crippen LogP contribution in [0.4, 0.5) is 0 Å². The van der Waals surface area contributed by atoms with Crippen molar-refractivity contribution in [3.05, 3.63) is 0 Å². The largest absolute Gasteiger partial charge is 0.462 e. The molecule has 6 nitrogen and oxygen atoms in total. The number of carbonyl (C=O) groups is 2. The van der Waals surface area contributed by atoms with Crippen molar-refractivity contribution < 1.29 is 19.1 Å². The van der Waals surface area contributed by atoms with Gasteiger partial charge in [0.15, 0.2) is 0 Å². The lowest BCUT2D eigenvalue weighted by Crippen LogP contribution is -2.36. The van der Waals surface area contributed by atoms with Crippen LogP contribution in [-0.2, 0) is 19.1 Å². The van der Waals surface area contributed by atoms with Crippen LogP contribution in [0.5, 0.6) is 0 Å². The fourth-order valence-electron chi connectivity index (χ4n) is 13.5. The van der Waals surface area contributed by atoms with Crippen molar-refractivity contribution in [3.63, 3.8) is 0 Å². The summed E-state index contributed by atoms with van der Waals surface area (Å²) in [4.78, 5) is 32.0. The molecule has 0 spiro atoms. The van der Waals surface area contributed by atoms with E-state index in [1.807, 2.05) is 0 Å². The molecule has 0 aromatic carbocycles. The monoisotopic (exact) mass is 1240 g/mol. The normalized spacial score (nSPS) is 12.5. The highest BCUT2D eigenvalue weighted by molar-refractivity contribution is 5.70. The highest BCUT2D eigenvalue weighted by Crippen LogP contribution is 2.23. The average Bonchev–Trinajstić information content (AvgIpc) is 3.52. The van der Waals surface area contributed by atoms with Gasteiger partial charge in [0.1, 0.15) is 12.2 Å². The topological polar surface area (TPSA) is 59.1 Å². The summed E-state index contributed by atoms with van der Waals surface area (Å²) < 4.78 is 12.8. The van der Waals surface area contributed by atoms with Gasteiger partial charge in [-0.3, -0.25) is 9.59 Å². The SMILES string of the molecule is CCCCCCCCCCCCCCCCCCC(CCCCCCCCCCCCCCCCC)OC(=O)CCN(CCC(=O)OC(CCCCCCCCCCCCCCCCC)CCCCCCCCCCCCCCCCCC)CCN(C)C. The predicted octanol–water partition coefficient (Wildman–Crippen LogP) is 27.3. The second kappa shape index (κ2) is 74.9. The Balaban J connectivity index is 5.17. The van der Waals surface area contributed by atoms with E-state index >= 15 is 0 Å². The smallest absolute Gasteiger partial charge is 0.307 e. The van der Waals surface area contributed by atoms with Gasteiger partial charge in [0.2, 0.25) is 0 Å². The summed E-state index contributed by atoms with van der Waals surface area (Å²) >= 11 is 0. The molecule has 88 heavy (non-hydrogen) atoms. The van der Waals surface area contributed by atoms with Crippen molar-refractivity contribution in [1.82, 2.24) is 9.80 Å². The molecule has 0 aliphatic rings. The van der Waals surface area contributed by atoms with Gasteiger partial charge < -0.3 is 19.3 Å². The van der Waals surface area contributed by atoms with Gasteiger partial charge in [-0.2, -0.15) is 0 Å². The van der Waals surface area contributed by atoms with E-state index in [0.29, 0.717) is 25.9 Å². The van der Waals surface area contributed by atoms with Crippen LogP contribution >= 0.6 is 0 Å². The van der Waals surface area contributed by atoms with Crippen molar-refractivity contribution in [3.8, 4) is 0 Å². The zero-order valence-corrected chi connectivity index (χ0v) is 61.6. The standard InChI is InChI=1S/C82H164N2O4/c1-7-11-15-19-23-27-31-35-39-43-47-51-55-59-63-67-71-79(69-65-61-57-53-49-45-41-37-33-29-25-21-17-13-9-3)87-81(85)73-75-84(78-77-83(5)6)76-74-82(86)88-80(70-66-62-58-54-50-46-42-38-34-30-26-22-18-14-10-4)72-68-64-60-56-52-48-44-40-36-32-28-24-20-16-12-8-2/h79-80H,7-78H2,1-6H3. The number of hydrogen-bond acceptors (Lipinski definition) is 6. The van der Waals surface area contributed by atoms with Gasteiger partial charge in [-0.15, -0.1) is 0 Å². The molecule has 0 radical (unpaired) electrons. The van der Waals surface area contributed by atoms with Gasteiger partial charge in [-0.05, 0) is 65.5 Å². The molecular weight excluding hydrogens is 1080 g/mol. The Morgan fingerprint density at radius 3 is 0.545 bits per heavy atom. The fourth-order valence-corrected chi connectivity index (χ4v) is 13.5. The molecule has 0 saturated carbocycles. The second-order valence-corrected chi connectivity index (χ2v) is 29.0. The molecule has 0 fully saturated rings. The molecule has 0 aliphatic heterocycles. The number of nitrogens with zero attached hydrogens (tertiary/aromatic N) is 2. The van der Waals surface area contributed by atoms with Crippen LogP contribution in [0.3, 0.4) is 0 Å². The highest BCUT2D eigenvalue weighted by atomic mass is 16.5. The molecule has 0 aromatic heterocycles. The maximum Gasteiger partial charge on any atom is 0.307 e. The maximum atomic E-state index is 13.7. The van der Waals surface area contributed by atoms with Gasteiger partial charge in [-0.1, -0.05) is 400 Å². The van der Waals surface area contributed by atoms with Crippen LogP contribution in [0.2, 0.25) is 0 Å². The van der Waals surface area contributed by atoms with Gasteiger partial charge in [-0.25, -0.2) is 0 Å². The van der Waals surface area contributed by atoms with Crippen LogP contribution in [0.25, 0.3) is 0 Å². The van der Waals surface area contributed by atoms with E-state index in [4.69, 9.17) is 9.47 Å². The molecule has 2 atom stereocenters. The summed E-state index contributed by atoms with van der Waals surface area (Å²) in [6.45, 7) is 12.2. The predicted molar refractivity (Wildman–Crippen MR) is 391 cm³/mol. The molecule has 0 aromatic rings. The lowest BCUT2D eigenvalue weighted by Gasteiger charge is -2.25. The van der Waals surface area contributed by atoms with Crippen molar-refractivity contribution in [2.75, 3.05) is 40.3 Å². The van der Waals surface area contributed by atoms with Crippen molar-refractivity contribution in [1.29, 1.82) is 0 Å². The summed E-state index contributed by atoms with van der Waals surface area (Å²) in [5.74, 6) is -0.107. The lowest BCUT2D eigenvalue weighted by molar-refractivity contribution is -0.150. The third-order valence-electron chi connectivity index (χ3n) is 19.7. The first-order valence-electron chi connectivity index (χ1n) is 41.1. The Bertz CT molecular complexity index is 1230. The summed E-state index contributed by atoms with van der Waals surface area (Å²) in [6, 6.07) is 0. The summed E-state index contributed by atoms with van der Waals surface area (Å²) in [5.41, 5.74) is 0. The number of carbonyl (C=O) groups excluding carboxylic acids is 2. The molecule has 2 unspecified atom stereocenters. The van der Waals surface area contributed by atoms with Crippen molar-refractivity contribution in [2.45, 2.75) is 477 Å². The van der Waals surface area contributed by atoms with E-state index in [1.165, 1.54) is 372 Å². The van der Waals surface area contributed by atoms with E-state index in [1.54, 1.807) is 0 Å². The minimum atomic E-state index is -0.0535. The van der Waals surface area contributed by atoms with Gasteiger partial charge in [0, 0.05) is 26.2 Å². The third-order valence-corrected chi connectivity index (χ3v) is 19.7. The Labute approximate surface area is 554 Å². The summed E-state index contributed by atoms with van der Waals surface area (Å²) in [7, 11) is 4.23. The molecule has 0 bridgehead atoms. The van der Waals surface area contributed by atoms with Gasteiger partial charge in [0.25, 0.3) is 0 Å². The highest BCUT2D eigenvalue weighted by Gasteiger charge is 2.19. The van der Waals surface area contributed by atoms with E-state index in [-0.39, 0.29) is 24.1 Å². The third kappa shape index (κ3) is 70.7. The number of rotatable bonds is 77. The Hall–Kier alpha value is -1.14. The molecule has 526 valence electrons. The lowest BCUT2D eigenvalue weighted by atomic mass is 10.0. The number of likely N-dealkylation sites (N-methyl/N-ethyl adjacent to an activating group) is 1. The second-order valence-electron chi connectivity index (χ2n) is 29.0. The zero-order chi connectivity index (χ0) is 63.8. The summed E-state index contributed by atoms with van der Waals surface area (Å²) in [5, 5.41) is 0. The molecular formula is C82H164N2O4. The fraction of sp³-hybridized carbons (Fsp3) is 0.976. The number of ether oxygens (including phenoxy) is 2. The Morgan fingerprint density at radius 2 is 0.386 bits per heavy atom. The van der Waals surface area contributed by atoms with Crippen LogP contribution in [0.15, 0.2) is 0 Å². The molecule has 0 heterocycles. The molecule has 0 rings (SSSR count). The summed E-state index contributed by atoms with van der Waals surface area (Å²) in [6.07, 6.45) is 89.9. The quantitative estimate of drug-likeness (QED) is 0.0447. The zero-order valence-electron chi connectivity index (χ0n) is 61.6. The number of hydrogen-bond donors (Lipinski definition) is 0. The minimum absolute atomic E-state index is 0.0298. The van der Waals surface area contributed by atoms with Crippen molar-refractivity contribution in [2.24, 2.45) is 0 Å². The Morgan fingerprint density at radius 1 is 0.227 bits per heavy atom. The van der Waals surface area contributed by atoms with Crippen LogP contribution in [0, 0.1) is 0 Å². The molecule has 0 saturated heterocycles. The molecule has 0 aliphatic carbocycles. The first kappa shape index (κ1) is 86.9. The maximum absolute atomic E-state index is 13.7. The van der Waals surface area contributed by atoms with Crippen LogP contribution in [0.1, 0.15) is 464 Å². The van der Waals surface area contributed by atoms with E-state index in [9.17, 15) is 9.59 Å². The van der Waals surface area contributed by atoms with Crippen LogP contribution < -0.4 is 0 Å². The van der Waals surface area contributed by atoms with E-state index in [0.717, 1.165) is 64.5 Å². The van der Waals surface area contributed by atoms with E-state index in [2.05, 4.69) is 51.6 Å². The van der Waals surface area contributed by atoms with E-state index < -0.39 is 0 Å². The Kier molecular flexibility index (Phi) is 73.9. The van der Waals surface area contributed by atoms with Crippen LogP contribution in [-0.4, -0.2) is 74.2 Å². The minimum Gasteiger partial charge on any atom is -0.462 e. The number of esters is 2. The number of unbranched alkanes of at least 4 members (excludes halogenated alkanes) is 58. The molecule has 0 N–H and O–H groups in total. The molecule has 6 heteroatoms. The van der Waals surface area contributed by atoms with Crippen molar-refractivity contribution >= 4 is 11.9 Å². The van der Waals surface area contributed by atoms with Gasteiger partial charge in [0.05, 0.1) is 12.8 Å². The first-order valence-corrected chi connectivity index (χ1v) is 41.1. The molecule has 0 amide bonds.